The minimum atomic E-state index is -4.42. The molecule has 22 heavy (non-hydrogen) atoms. The first-order valence-electron chi connectivity index (χ1n) is 7.17. The molecule has 0 spiro atoms. The van der Waals surface area contributed by atoms with Crippen molar-refractivity contribution in [3.8, 4) is 0 Å². The molecule has 0 saturated heterocycles. The lowest BCUT2D eigenvalue weighted by atomic mass is 10.1. The van der Waals surface area contributed by atoms with Crippen molar-refractivity contribution >= 4 is 5.91 Å². The summed E-state index contributed by atoms with van der Waals surface area (Å²) >= 11 is 0. The first-order valence-corrected chi connectivity index (χ1v) is 7.17. The molecule has 1 aliphatic rings. The van der Waals surface area contributed by atoms with Crippen LogP contribution < -0.4 is 5.32 Å². The number of aliphatic hydroxyl groups is 1. The van der Waals surface area contributed by atoms with E-state index >= 15 is 0 Å². The third kappa shape index (κ3) is 4.45. The lowest BCUT2D eigenvalue weighted by Gasteiger charge is -2.28. The van der Waals surface area contributed by atoms with E-state index in [1.165, 1.54) is 5.56 Å². The van der Waals surface area contributed by atoms with E-state index in [0.29, 0.717) is 0 Å². The highest BCUT2D eigenvalue weighted by molar-refractivity contribution is 5.78. The van der Waals surface area contributed by atoms with Crippen LogP contribution in [0.3, 0.4) is 0 Å². The van der Waals surface area contributed by atoms with Crippen molar-refractivity contribution in [2.24, 2.45) is 0 Å². The average Bonchev–Trinajstić information content (AvgIpc) is 2.88. The molecule has 0 saturated carbocycles. The molecule has 0 unspecified atom stereocenters. The third-order valence-electron chi connectivity index (χ3n) is 3.76. The molecule has 1 aromatic rings. The highest BCUT2D eigenvalue weighted by Crippen LogP contribution is 2.35. The fraction of sp³-hybridized carbons (Fsp3) is 0.533. The van der Waals surface area contributed by atoms with E-state index in [-0.39, 0.29) is 25.7 Å². The topological polar surface area (TPSA) is 52.6 Å². The summed E-state index contributed by atoms with van der Waals surface area (Å²) in [5, 5.41) is 11.0. The van der Waals surface area contributed by atoms with E-state index in [2.05, 4.69) is 0 Å². The number of carbonyl (C=O) groups is 1. The second kappa shape index (κ2) is 7.11. The molecule has 0 heterocycles. The van der Waals surface area contributed by atoms with Gasteiger partial charge in [0.15, 0.2) is 0 Å². The van der Waals surface area contributed by atoms with Crippen molar-refractivity contribution in [1.29, 1.82) is 0 Å². The number of fused-ring (bicyclic) bond motifs is 1. The Labute approximate surface area is 126 Å². The minimum absolute atomic E-state index is 0.0417. The Morgan fingerprint density at radius 3 is 2.77 bits per heavy atom. The van der Waals surface area contributed by atoms with Gasteiger partial charge in [-0.2, -0.15) is 13.2 Å². The number of nitrogens with zero attached hydrogens (tertiary/aromatic N) is 1. The molecule has 4 nitrogen and oxygen atoms in total. The predicted octanol–water partition coefficient (Wildman–Crippen LogP) is 1.65. The van der Waals surface area contributed by atoms with Gasteiger partial charge in [-0.1, -0.05) is 24.3 Å². The largest absolute Gasteiger partial charge is 0.405 e. The molecule has 1 atom stereocenters. The van der Waals surface area contributed by atoms with Gasteiger partial charge in [0, 0.05) is 12.6 Å². The predicted molar refractivity (Wildman–Crippen MR) is 75.2 cm³/mol. The molecule has 1 amide bonds. The number of aryl methyl sites for hydroxylation is 1. The quantitative estimate of drug-likeness (QED) is 0.839. The Bertz CT molecular complexity index is 520. The maximum absolute atomic E-state index is 12.1. The Hall–Kier alpha value is -1.60. The highest BCUT2D eigenvalue weighted by Gasteiger charge is 2.31. The Morgan fingerprint density at radius 1 is 1.36 bits per heavy atom. The first-order chi connectivity index (χ1) is 10.4. The van der Waals surface area contributed by atoms with Crippen molar-refractivity contribution in [2.75, 3.05) is 26.2 Å². The van der Waals surface area contributed by atoms with Gasteiger partial charge in [-0.3, -0.25) is 9.69 Å². The molecule has 0 radical (unpaired) electrons. The van der Waals surface area contributed by atoms with Crippen LogP contribution >= 0.6 is 0 Å². The van der Waals surface area contributed by atoms with Crippen LogP contribution in [0.4, 0.5) is 13.2 Å². The van der Waals surface area contributed by atoms with Gasteiger partial charge in [0.1, 0.15) is 6.54 Å². The van der Waals surface area contributed by atoms with Crippen LogP contribution in [-0.4, -0.2) is 48.3 Å². The number of rotatable bonds is 6. The highest BCUT2D eigenvalue weighted by atomic mass is 19.4. The minimum Gasteiger partial charge on any atom is -0.395 e. The molecule has 122 valence electrons. The zero-order chi connectivity index (χ0) is 16.2. The van der Waals surface area contributed by atoms with Gasteiger partial charge < -0.3 is 10.4 Å². The molecular formula is C15H19F3N2O2. The molecule has 0 bridgehead atoms. The molecule has 0 aliphatic heterocycles. The number of hydrogen-bond acceptors (Lipinski definition) is 3. The molecule has 1 aromatic carbocycles. The fourth-order valence-corrected chi connectivity index (χ4v) is 2.83. The van der Waals surface area contributed by atoms with E-state index in [1.807, 2.05) is 29.6 Å². The number of nitrogens with one attached hydrogen (secondary N) is 1. The molecule has 0 aromatic heterocycles. The summed E-state index contributed by atoms with van der Waals surface area (Å²) in [7, 11) is 0. The summed E-state index contributed by atoms with van der Waals surface area (Å²) in [6.45, 7) is -1.39. The van der Waals surface area contributed by atoms with Crippen LogP contribution in [0.1, 0.15) is 23.6 Å². The van der Waals surface area contributed by atoms with Gasteiger partial charge in [0.05, 0.1) is 13.2 Å². The van der Waals surface area contributed by atoms with E-state index < -0.39 is 18.6 Å². The third-order valence-corrected chi connectivity index (χ3v) is 3.76. The summed E-state index contributed by atoms with van der Waals surface area (Å²) in [4.78, 5) is 13.4. The van der Waals surface area contributed by atoms with Gasteiger partial charge >= 0.3 is 6.18 Å². The maximum atomic E-state index is 12.1. The number of aliphatic hydroxyl groups excluding tert-OH is 1. The number of amides is 1. The number of hydrogen-bond donors (Lipinski definition) is 2. The summed E-state index contributed by atoms with van der Waals surface area (Å²) < 4.78 is 36.4. The van der Waals surface area contributed by atoms with Crippen molar-refractivity contribution in [3.05, 3.63) is 35.4 Å². The average molecular weight is 316 g/mol. The number of alkyl halides is 3. The summed E-state index contributed by atoms with van der Waals surface area (Å²) in [6, 6.07) is 7.77. The molecule has 1 aliphatic carbocycles. The Kier molecular flexibility index (Phi) is 5.42. The van der Waals surface area contributed by atoms with Crippen LogP contribution in [0.5, 0.6) is 0 Å². The van der Waals surface area contributed by atoms with Crippen LogP contribution in [0.2, 0.25) is 0 Å². The number of halogens is 3. The number of carbonyl (C=O) groups excluding carboxylic acids is 1. The molecule has 0 fully saturated rings. The van der Waals surface area contributed by atoms with Crippen LogP contribution in [-0.2, 0) is 11.2 Å². The molecular weight excluding hydrogens is 297 g/mol. The standard InChI is InChI=1S/C15H19F3N2O2/c16-15(17,18)10-19-14(22)9-20(7-8-21)13-6-5-11-3-1-2-4-12(11)13/h1-4,13,21H,5-10H2,(H,19,22)/t13-/m0/s1. The maximum Gasteiger partial charge on any atom is 0.405 e. The first kappa shape index (κ1) is 16.8. The van der Waals surface area contributed by atoms with Crippen LogP contribution in [0.15, 0.2) is 24.3 Å². The molecule has 2 rings (SSSR count). The summed E-state index contributed by atoms with van der Waals surface area (Å²) in [5.74, 6) is -0.685. The number of benzene rings is 1. The zero-order valence-electron chi connectivity index (χ0n) is 12.1. The van der Waals surface area contributed by atoms with E-state index in [9.17, 15) is 18.0 Å². The molecule has 7 heteroatoms. The van der Waals surface area contributed by atoms with Gasteiger partial charge in [-0.05, 0) is 24.0 Å². The van der Waals surface area contributed by atoms with Gasteiger partial charge in [-0.15, -0.1) is 0 Å². The lowest BCUT2D eigenvalue weighted by Crippen LogP contribution is -2.43. The normalized spacial score (nSPS) is 17.6. The fourth-order valence-electron chi connectivity index (χ4n) is 2.83. The van der Waals surface area contributed by atoms with Crippen LogP contribution in [0.25, 0.3) is 0 Å². The summed E-state index contributed by atoms with van der Waals surface area (Å²) in [5.41, 5.74) is 2.27. The second-order valence-corrected chi connectivity index (χ2v) is 5.34. The second-order valence-electron chi connectivity index (χ2n) is 5.34. The monoisotopic (exact) mass is 316 g/mol. The van der Waals surface area contributed by atoms with Crippen LogP contribution in [0, 0.1) is 0 Å². The van der Waals surface area contributed by atoms with Gasteiger partial charge in [-0.25, -0.2) is 0 Å². The lowest BCUT2D eigenvalue weighted by molar-refractivity contribution is -0.139. The van der Waals surface area contributed by atoms with E-state index in [1.54, 1.807) is 4.90 Å². The zero-order valence-corrected chi connectivity index (χ0v) is 12.1. The Morgan fingerprint density at radius 2 is 2.09 bits per heavy atom. The smallest absolute Gasteiger partial charge is 0.395 e. The van der Waals surface area contributed by atoms with Gasteiger partial charge in [0.2, 0.25) is 5.91 Å². The van der Waals surface area contributed by atoms with E-state index in [4.69, 9.17) is 5.11 Å². The van der Waals surface area contributed by atoms with Crippen molar-refractivity contribution in [1.82, 2.24) is 10.2 Å². The van der Waals surface area contributed by atoms with Crippen molar-refractivity contribution in [2.45, 2.75) is 25.1 Å². The SMILES string of the molecule is O=C(CN(CCO)[C@H]1CCc2ccccc21)NCC(F)(F)F. The molecule has 2 N–H and O–H groups in total. The van der Waals surface area contributed by atoms with E-state index in [0.717, 1.165) is 18.4 Å². The Balaban J connectivity index is 2.00. The summed E-state index contributed by atoms with van der Waals surface area (Å²) in [6.07, 6.45) is -2.75. The van der Waals surface area contributed by atoms with Crippen molar-refractivity contribution in [3.63, 3.8) is 0 Å². The van der Waals surface area contributed by atoms with Crippen molar-refractivity contribution < 1.29 is 23.1 Å². The van der Waals surface area contributed by atoms with Gasteiger partial charge in [0.25, 0.3) is 0 Å².